The molecular formula is C19H18FNO. The van der Waals surface area contributed by atoms with E-state index < -0.39 is 5.82 Å². The quantitative estimate of drug-likeness (QED) is 0.671. The van der Waals surface area contributed by atoms with Gasteiger partial charge in [-0.05, 0) is 38.0 Å². The predicted molar refractivity (Wildman–Crippen MR) is 86.1 cm³/mol. The average molecular weight is 295 g/mol. The first kappa shape index (κ1) is 14.5. The van der Waals surface area contributed by atoms with Crippen molar-refractivity contribution in [1.29, 1.82) is 0 Å². The van der Waals surface area contributed by atoms with Gasteiger partial charge in [0.25, 0.3) is 0 Å². The van der Waals surface area contributed by atoms with Crippen molar-refractivity contribution in [2.75, 3.05) is 0 Å². The van der Waals surface area contributed by atoms with Crippen molar-refractivity contribution in [3.63, 3.8) is 0 Å². The van der Waals surface area contributed by atoms with Crippen molar-refractivity contribution >= 4 is 11.5 Å². The molecule has 1 aliphatic rings. The lowest BCUT2D eigenvalue weighted by Gasteiger charge is -2.35. The van der Waals surface area contributed by atoms with E-state index in [2.05, 4.69) is 25.2 Å². The molecule has 0 saturated heterocycles. The summed E-state index contributed by atoms with van der Waals surface area (Å²) in [5.74, 6) is -0.601. The van der Waals surface area contributed by atoms with Crippen LogP contribution in [0.25, 0.3) is 5.70 Å². The molecule has 112 valence electrons. The van der Waals surface area contributed by atoms with Crippen LogP contribution in [0.5, 0.6) is 0 Å². The number of fused-ring (bicyclic) bond motifs is 1. The Labute approximate surface area is 129 Å². The Bertz CT molecular complexity index is 762. The Morgan fingerprint density at radius 2 is 1.95 bits per heavy atom. The third kappa shape index (κ3) is 2.93. The molecule has 2 aromatic rings. The van der Waals surface area contributed by atoms with Crippen LogP contribution in [0.15, 0.2) is 54.6 Å². The van der Waals surface area contributed by atoms with Crippen molar-refractivity contribution < 1.29 is 9.18 Å². The molecule has 0 fully saturated rings. The summed E-state index contributed by atoms with van der Waals surface area (Å²) in [6.07, 6.45) is 2.46. The van der Waals surface area contributed by atoms with E-state index in [9.17, 15) is 9.18 Å². The number of benzene rings is 2. The maximum atomic E-state index is 13.3. The van der Waals surface area contributed by atoms with Gasteiger partial charge in [0.05, 0.1) is 0 Å². The number of carbonyl (C=O) groups excluding carboxylic acids is 1. The zero-order valence-electron chi connectivity index (χ0n) is 12.7. The maximum absolute atomic E-state index is 13.3. The van der Waals surface area contributed by atoms with E-state index in [0.29, 0.717) is 5.56 Å². The standard InChI is InChI=1S/C19H18FNO/c1-19(2)12-14-6-3-4-9-16(14)17(21-19)11-18(22)13-7-5-8-15(20)10-13/h3-11,21H,12H2,1-2H3/b17-11-. The third-order valence-electron chi connectivity index (χ3n) is 3.80. The molecule has 0 spiro atoms. The number of carbonyl (C=O) groups is 1. The van der Waals surface area contributed by atoms with Gasteiger partial charge in [-0.15, -0.1) is 0 Å². The number of nitrogens with one attached hydrogen (secondary N) is 1. The Balaban J connectivity index is 2.01. The van der Waals surface area contributed by atoms with Gasteiger partial charge in [-0.3, -0.25) is 4.79 Å². The van der Waals surface area contributed by atoms with Crippen LogP contribution in [0.3, 0.4) is 0 Å². The summed E-state index contributed by atoms with van der Waals surface area (Å²) in [6.45, 7) is 4.20. The molecule has 0 unspecified atom stereocenters. The molecule has 0 radical (unpaired) electrons. The minimum Gasteiger partial charge on any atom is -0.379 e. The summed E-state index contributed by atoms with van der Waals surface area (Å²) in [7, 11) is 0. The van der Waals surface area contributed by atoms with Crippen LogP contribution in [-0.2, 0) is 6.42 Å². The fourth-order valence-corrected chi connectivity index (χ4v) is 2.86. The van der Waals surface area contributed by atoms with Gasteiger partial charge in [0, 0.05) is 28.4 Å². The van der Waals surface area contributed by atoms with E-state index >= 15 is 0 Å². The largest absolute Gasteiger partial charge is 0.379 e. The summed E-state index contributed by atoms with van der Waals surface area (Å²) in [5, 5.41) is 3.41. The molecule has 0 aromatic heterocycles. The van der Waals surface area contributed by atoms with Crippen LogP contribution in [-0.4, -0.2) is 11.3 Å². The van der Waals surface area contributed by atoms with Gasteiger partial charge in [0.1, 0.15) is 5.82 Å². The summed E-state index contributed by atoms with van der Waals surface area (Å²) in [4.78, 5) is 12.4. The molecule has 0 saturated carbocycles. The van der Waals surface area contributed by atoms with E-state index in [1.807, 2.05) is 18.2 Å². The molecule has 3 heteroatoms. The smallest absolute Gasteiger partial charge is 0.188 e. The first-order valence-corrected chi connectivity index (χ1v) is 7.33. The predicted octanol–water partition coefficient (Wildman–Crippen LogP) is 3.97. The topological polar surface area (TPSA) is 29.1 Å². The van der Waals surface area contributed by atoms with Crippen molar-refractivity contribution in [3.8, 4) is 0 Å². The number of allylic oxidation sites excluding steroid dienone is 1. The van der Waals surface area contributed by atoms with Crippen LogP contribution in [0, 0.1) is 5.82 Å². The molecular weight excluding hydrogens is 277 g/mol. The summed E-state index contributed by atoms with van der Waals surface area (Å²) < 4.78 is 13.3. The molecule has 0 aliphatic carbocycles. The van der Waals surface area contributed by atoms with E-state index in [-0.39, 0.29) is 11.3 Å². The van der Waals surface area contributed by atoms with Crippen molar-refractivity contribution in [2.24, 2.45) is 0 Å². The van der Waals surface area contributed by atoms with Crippen LogP contribution in [0.4, 0.5) is 4.39 Å². The van der Waals surface area contributed by atoms with Crippen molar-refractivity contribution in [2.45, 2.75) is 25.8 Å². The second-order valence-electron chi connectivity index (χ2n) is 6.28. The number of rotatable bonds is 2. The Hall–Kier alpha value is -2.42. The minimum absolute atomic E-state index is 0.123. The zero-order chi connectivity index (χ0) is 15.7. The molecule has 2 nitrogen and oxygen atoms in total. The summed E-state index contributed by atoms with van der Waals surface area (Å²) in [6, 6.07) is 13.8. The van der Waals surface area contributed by atoms with Gasteiger partial charge in [-0.25, -0.2) is 4.39 Å². The lowest BCUT2D eigenvalue weighted by atomic mass is 9.85. The molecule has 22 heavy (non-hydrogen) atoms. The van der Waals surface area contributed by atoms with Gasteiger partial charge < -0.3 is 5.32 Å². The Morgan fingerprint density at radius 3 is 2.73 bits per heavy atom. The van der Waals surface area contributed by atoms with Gasteiger partial charge in [0.15, 0.2) is 5.78 Å². The van der Waals surface area contributed by atoms with E-state index in [1.54, 1.807) is 18.2 Å². The highest BCUT2D eigenvalue weighted by molar-refractivity contribution is 6.08. The number of halogens is 1. The van der Waals surface area contributed by atoms with Crippen LogP contribution in [0.2, 0.25) is 0 Å². The first-order valence-electron chi connectivity index (χ1n) is 7.33. The minimum atomic E-state index is -0.401. The highest BCUT2D eigenvalue weighted by atomic mass is 19.1. The molecule has 2 aromatic carbocycles. The fraction of sp³-hybridized carbons (Fsp3) is 0.211. The Morgan fingerprint density at radius 1 is 1.18 bits per heavy atom. The molecule has 1 N–H and O–H groups in total. The normalized spacial score (nSPS) is 17.7. The van der Waals surface area contributed by atoms with Crippen molar-refractivity contribution in [3.05, 3.63) is 77.1 Å². The highest BCUT2D eigenvalue weighted by Gasteiger charge is 2.27. The average Bonchev–Trinajstić information content (AvgIpc) is 2.46. The van der Waals surface area contributed by atoms with Crippen LogP contribution >= 0.6 is 0 Å². The molecule has 0 atom stereocenters. The maximum Gasteiger partial charge on any atom is 0.188 e. The van der Waals surface area contributed by atoms with E-state index in [1.165, 1.54) is 17.7 Å². The fourth-order valence-electron chi connectivity index (χ4n) is 2.86. The second-order valence-corrected chi connectivity index (χ2v) is 6.28. The SMILES string of the molecule is CC1(C)Cc2ccccc2/C(=C/C(=O)c2cccc(F)c2)N1. The second kappa shape index (κ2) is 5.41. The molecule has 1 aliphatic heterocycles. The molecule has 3 rings (SSSR count). The Kier molecular flexibility index (Phi) is 3.57. The summed E-state index contributed by atoms with van der Waals surface area (Å²) >= 11 is 0. The van der Waals surface area contributed by atoms with Gasteiger partial charge in [-0.1, -0.05) is 36.4 Å². The lowest BCUT2D eigenvalue weighted by Crippen LogP contribution is -2.43. The van der Waals surface area contributed by atoms with Gasteiger partial charge in [0.2, 0.25) is 0 Å². The van der Waals surface area contributed by atoms with Gasteiger partial charge >= 0.3 is 0 Å². The summed E-state index contributed by atoms with van der Waals surface area (Å²) in [5.41, 5.74) is 3.27. The molecule has 0 bridgehead atoms. The number of hydrogen-bond donors (Lipinski definition) is 1. The zero-order valence-corrected chi connectivity index (χ0v) is 12.7. The van der Waals surface area contributed by atoms with Crippen LogP contribution in [0.1, 0.15) is 35.3 Å². The lowest BCUT2D eigenvalue weighted by molar-refractivity contribution is 0.104. The van der Waals surface area contributed by atoms with Crippen molar-refractivity contribution in [1.82, 2.24) is 5.32 Å². The van der Waals surface area contributed by atoms with Gasteiger partial charge in [-0.2, -0.15) is 0 Å². The molecule has 0 amide bonds. The van der Waals surface area contributed by atoms with Crippen LogP contribution < -0.4 is 5.32 Å². The monoisotopic (exact) mass is 295 g/mol. The third-order valence-corrected chi connectivity index (χ3v) is 3.80. The first-order chi connectivity index (χ1) is 10.4. The number of ketones is 1. The van der Waals surface area contributed by atoms with E-state index in [0.717, 1.165) is 17.7 Å². The van der Waals surface area contributed by atoms with E-state index in [4.69, 9.17) is 0 Å². The molecule has 1 heterocycles. The highest BCUT2D eigenvalue weighted by Crippen LogP contribution is 2.29. The number of hydrogen-bond acceptors (Lipinski definition) is 2.